The lowest BCUT2D eigenvalue weighted by molar-refractivity contribution is -0.153. The van der Waals surface area contributed by atoms with Gasteiger partial charge in [-0.2, -0.15) is 0 Å². The van der Waals surface area contributed by atoms with Crippen molar-refractivity contribution in [1.29, 1.82) is 0 Å². The largest absolute Gasteiger partial charge is 0.468 e. The minimum Gasteiger partial charge on any atom is -0.468 e. The summed E-state index contributed by atoms with van der Waals surface area (Å²) in [6.07, 6.45) is 2.20. The fraction of sp³-hybridized carbons (Fsp3) is 0.929. The molecule has 0 bridgehead atoms. The predicted molar refractivity (Wildman–Crippen MR) is 73.0 cm³/mol. The molecule has 19 heavy (non-hydrogen) atoms. The van der Waals surface area contributed by atoms with Crippen LogP contribution < -0.4 is 5.32 Å². The average Bonchev–Trinajstić information content (AvgIpc) is 3.21. The fourth-order valence-electron chi connectivity index (χ4n) is 2.99. The molecule has 1 N–H and O–H groups in total. The number of likely N-dealkylation sites (N-methyl/N-ethyl adjacent to an activating group) is 1. The van der Waals surface area contributed by atoms with Crippen molar-refractivity contribution in [2.24, 2.45) is 5.92 Å². The highest BCUT2D eigenvalue weighted by molar-refractivity contribution is 5.82. The summed E-state index contributed by atoms with van der Waals surface area (Å²) in [5, 5.41) is 3.26. The second-order valence-electron chi connectivity index (χ2n) is 6.27. The molecule has 2 aliphatic rings. The van der Waals surface area contributed by atoms with E-state index in [1.807, 2.05) is 7.05 Å². The van der Waals surface area contributed by atoms with Crippen LogP contribution in [0, 0.1) is 5.92 Å². The van der Waals surface area contributed by atoms with Gasteiger partial charge in [0.1, 0.15) is 5.54 Å². The summed E-state index contributed by atoms with van der Waals surface area (Å²) < 4.78 is 10.6. The maximum atomic E-state index is 12.3. The lowest BCUT2D eigenvalue weighted by atomic mass is 9.89. The number of esters is 1. The molecular weight excluding hydrogens is 244 g/mol. The summed E-state index contributed by atoms with van der Waals surface area (Å²) in [6.45, 7) is 7.32. The number of methoxy groups -OCH3 is 1. The first-order valence-electron chi connectivity index (χ1n) is 7.06. The van der Waals surface area contributed by atoms with Gasteiger partial charge in [-0.3, -0.25) is 4.90 Å². The van der Waals surface area contributed by atoms with Crippen LogP contribution in [0.15, 0.2) is 0 Å². The molecule has 1 saturated carbocycles. The first-order chi connectivity index (χ1) is 8.96. The average molecular weight is 270 g/mol. The van der Waals surface area contributed by atoms with Crippen molar-refractivity contribution in [2.75, 3.05) is 40.5 Å². The smallest absolute Gasteiger partial charge is 0.327 e. The molecule has 1 aliphatic heterocycles. The third-order valence-electron chi connectivity index (χ3n) is 4.53. The molecule has 0 aromatic carbocycles. The van der Waals surface area contributed by atoms with Crippen molar-refractivity contribution < 1.29 is 14.3 Å². The van der Waals surface area contributed by atoms with E-state index < -0.39 is 5.54 Å². The van der Waals surface area contributed by atoms with Gasteiger partial charge in [0.15, 0.2) is 0 Å². The molecule has 5 heteroatoms. The molecule has 0 aromatic heterocycles. The molecule has 0 spiro atoms. The van der Waals surface area contributed by atoms with Crippen molar-refractivity contribution in [2.45, 2.75) is 37.8 Å². The Balaban J connectivity index is 2.17. The number of hydrogen-bond acceptors (Lipinski definition) is 5. The second kappa shape index (κ2) is 5.38. The molecule has 1 aliphatic carbocycles. The summed E-state index contributed by atoms with van der Waals surface area (Å²) in [6, 6.07) is 0. The van der Waals surface area contributed by atoms with E-state index in [1.54, 1.807) is 0 Å². The normalized spacial score (nSPS) is 26.7. The van der Waals surface area contributed by atoms with Crippen LogP contribution in [0.3, 0.4) is 0 Å². The number of carbonyl (C=O) groups excluding carboxylic acids is 1. The molecular formula is C14H26N2O3. The summed E-state index contributed by atoms with van der Waals surface area (Å²) in [5.74, 6) is 0.253. The molecule has 2 rings (SSSR count). The Morgan fingerprint density at radius 1 is 1.53 bits per heavy atom. The number of carbonyl (C=O) groups is 1. The molecule has 5 nitrogen and oxygen atoms in total. The molecule has 1 unspecified atom stereocenters. The quantitative estimate of drug-likeness (QED) is 0.743. The number of hydrogen-bond donors (Lipinski definition) is 1. The molecule has 2 fully saturated rings. The van der Waals surface area contributed by atoms with Crippen LogP contribution >= 0.6 is 0 Å². The van der Waals surface area contributed by atoms with E-state index in [-0.39, 0.29) is 11.5 Å². The molecule has 1 atom stereocenters. The van der Waals surface area contributed by atoms with Gasteiger partial charge in [-0.1, -0.05) is 0 Å². The number of morpholine rings is 1. The summed E-state index contributed by atoms with van der Waals surface area (Å²) in [4.78, 5) is 14.6. The zero-order chi connectivity index (χ0) is 14.1. The van der Waals surface area contributed by atoms with Gasteiger partial charge >= 0.3 is 5.97 Å². The van der Waals surface area contributed by atoms with Crippen LogP contribution in [0.1, 0.15) is 26.7 Å². The number of nitrogens with zero attached hydrogens (tertiary/aromatic N) is 1. The number of ether oxygens (including phenoxy) is 2. The molecule has 1 heterocycles. The van der Waals surface area contributed by atoms with E-state index >= 15 is 0 Å². The van der Waals surface area contributed by atoms with Gasteiger partial charge in [-0.05, 0) is 39.7 Å². The van der Waals surface area contributed by atoms with Crippen LogP contribution in [-0.2, 0) is 14.3 Å². The van der Waals surface area contributed by atoms with Crippen LogP contribution in [0.25, 0.3) is 0 Å². The van der Waals surface area contributed by atoms with Crippen molar-refractivity contribution in [3.05, 3.63) is 0 Å². The van der Waals surface area contributed by atoms with E-state index in [4.69, 9.17) is 9.47 Å². The Morgan fingerprint density at radius 3 is 2.68 bits per heavy atom. The van der Waals surface area contributed by atoms with Crippen LogP contribution in [0.5, 0.6) is 0 Å². The van der Waals surface area contributed by atoms with Gasteiger partial charge in [0.05, 0.1) is 20.3 Å². The summed E-state index contributed by atoms with van der Waals surface area (Å²) in [7, 11) is 3.34. The van der Waals surface area contributed by atoms with Crippen molar-refractivity contribution in [1.82, 2.24) is 10.2 Å². The molecule has 0 aromatic rings. The Morgan fingerprint density at radius 2 is 2.21 bits per heavy atom. The van der Waals surface area contributed by atoms with Crippen molar-refractivity contribution in [3.63, 3.8) is 0 Å². The highest BCUT2D eigenvalue weighted by Gasteiger charge is 2.53. The van der Waals surface area contributed by atoms with E-state index in [9.17, 15) is 4.79 Å². The van der Waals surface area contributed by atoms with Crippen LogP contribution in [-0.4, -0.2) is 62.4 Å². The van der Waals surface area contributed by atoms with Gasteiger partial charge in [0, 0.05) is 18.6 Å². The molecule has 110 valence electrons. The topological polar surface area (TPSA) is 50.8 Å². The minimum absolute atomic E-state index is 0.0384. The lowest BCUT2D eigenvalue weighted by Crippen LogP contribution is -2.65. The zero-order valence-electron chi connectivity index (χ0n) is 12.5. The Labute approximate surface area is 115 Å². The Hall–Kier alpha value is -0.650. The standard InChI is InChI=1S/C14H26N2O3/c1-13(2)10-19-8-7-16(13)9-14(15-3,11-5-6-11)12(17)18-4/h11,15H,5-10H2,1-4H3. The van der Waals surface area contributed by atoms with Crippen molar-refractivity contribution in [3.8, 4) is 0 Å². The second-order valence-corrected chi connectivity index (χ2v) is 6.27. The summed E-state index contributed by atoms with van der Waals surface area (Å²) in [5.41, 5.74) is -0.605. The number of nitrogens with one attached hydrogen (secondary N) is 1. The lowest BCUT2D eigenvalue weighted by Gasteiger charge is -2.46. The predicted octanol–water partition coefficient (Wildman–Crippen LogP) is 0.638. The maximum Gasteiger partial charge on any atom is 0.327 e. The third-order valence-corrected chi connectivity index (χ3v) is 4.53. The zero-order valence-corrected chi connectivity index (χ0v) is 12.5. The fourth-order valence-corrected chi connectivity index (χ4v) is 2.99. The van der Waals surface area contributed by atoms with Gasteiger partial charge in [0.2, 0.25) is 0 Å². The first kappa shape index (κ1) is 14.8. The number of rotatable bonds is 5. The van der Waals surface area contributed by atoms with Gasteiger partial charge in [-0.25, -0.2) is 4.79 Å². The van der Waals surface area contributed by atoms with E-state index in [0.29, 0.717) is 19.1 Å². The maximum absolute atomic E-state index is 12.3. The van der Waals surface area contributed by atoms with Crippen LogP contribution in [0.2, 0.25) is 0 Å². The Kier molecular flexibility index (Phi) is 4.18. The first-order valence-corrected chi connectivity index (χ1v) is 7.06. The minimum atomic E-state index is -0.566. The molecule has 0 amide bonds. The monoisotopic (exact) mass is 270 g/mol. The third kappa shape index (κ3) is 2.78. The van der Waals surface area contributed by atoms with E-state index in [0.717, 1.165) is 26.0 Å². The van der Waals surface area contributed by atoms with Crippen molar-refractivity contribution >= 4 is 5.97 Å². The van der Waals surface area contributed by atoms with Gasteiger partial charge in [0.25, 0.3) is 0 Å². The SMILES string of the molecule is CNC(CN1CCOCC1(C)C)(C(=O)OC)C1CC1. The van der Waals surface area contributed by atoms with Crippen LogP contribution in [0.4, 0.5) is 0 Å². The van der Waals surface area contributed by atoms with E-state index in [1.165, 1.54) is 7.11 Å². The van der Waals surface area contributed by atoms with Gasteiger partial charge in [-0.15, -0.1) is 0 Å². The summed E-state index contributed by atoms with van der Waals surface area (Å²) >= 11 is 0. The molecule has 1 saturated heterocycles. The molecule has 0 radical (unpaired) electrons. The highest BCUT2D eigenvalue weighted by atomic mass is 16.5. The highest BCUT2D eigenvalue weighted by Crippen LogP contribution is 2.41. The Bertz CT molecular complexity index is 342. The van der Waals surface area contributed by atoms with Gasteiger partial charge < -0.3 is 14.8 Å². The van der Waals surface area contributed by atoms with E-state index in [2.05, 4.69) is 24.1 Å².